The SMILES string of the molecule is CCC(NCC(=O)N1CCC(Nc2ncc(Cl)c(-c3c[nH]c4ccccc34)n2)CC1)C(=O)O. The van der Waals surface area contributed by atoms with Crippen LogP contribution in [0, 0.1) is 0 Å². The van der Waals surface area contributed by atoms with E-state index >= 15 is 0 Å². The third kappa shape index (κ3) is 5.26. The molecular formula is C23H27ClN6O3. The van der Waals surface area contributed by atoms with Crippen LogP contribution < -0.4 is 10.6 Å². The number of aromatic amines is 1. The summed E-state index contributed by atoms with van der Waals surface area (Å²) >= 11 is 6.41. The number of aliphatic carboxylic acids is 1. The summed E-state index contributed by atoms with van der Waals surface area (Å²) in [5.41, 5.74) is 2.59. The number of piperidine rings is 1. The molecule has 4 N–H and O–H groups in total. The molecule has 33 heavy (non-hydrogen) atoms. The second-order valence-corrected chi connectivity index (χ2v) is 8.52. The van der Waals surface area contributed by atoms with E-state index in [0.29, 0.717) is 36.2 Å². The number of nitrogens with one attached hydrogen (secondary N) is 3. The molecule has 3 heterocycles. The predicted octanol–water partition coefficient (Wildman–Crippen LogP) is 3.13. The van der Waals surface area contributed by atoms with Crippen LogP contribution in [0.1, 0.15) is 26.2 Å². The Morgan fingerprint density at radius 2 is 2.06 bits per heavy atom. The maximum absolute atomic E-state index is 12.4. The first-order valence-electron chi connectivity index (χ1n) is 11.1. The minimum atomic E-state index is -0.942. The number of fused-ring (bicyclic) bond motifs is 1. The van der Waals surface area contributed by atoms with Crippen LogP contribution in [-0.4, -0.2) is 68.6 Å². The van der Waals surface area contributed by atoms with Crippen LogP contribution in [0.3, 0.4) is 0 Å². The van der Waals surface area contributed by atoms with Gasteiger partial charge in [-0.05, 0) is 25.3 Å². The molecule has 1 aromatic carbocycles. The summed E-state index contributed by atoms with van der Waals surface area (Å²) < 4.78 is 0. The second-order valence-electron chi connectivity index (χ2n) is 8.12. The number of rotatable bonds is 8. The zero-order chi connectivity index (χ0) is 23.4. The first-order chi connectivity index (χ1) is 16.0. The van der Waals surface area contributed by atoms with E-state index in [4.69, 9.17) is 16.7 Å². The molecule has 0 aliphatic carbocycles. The average molecular weight is 471 g/mol. The van der Waals surface area contributed by atoms with Crippen LogP contribution >= 0.6 is 11.6 Å². The van der Waals surface area contributed by atoms with Gasteiger partial charge in [0.25, 0.3) is 0 Å². The second kappa shape index (κ2) is 10.2. The lowest BCUT2D eigenvalue weighted by molar-refractivity contribution is -0.139. The largest absolute Gasteiger partial charge is 0.480 e. The molecule has 9 nitrogen and oxygen atoms in total. The van der Waals surface area contributed by atoms with E-state index in [1.165, 1.54) is 0 Å². The lowest BCUT2D eigenvalue weighted by Crippen LogP contribution is -2.48. The minimum Gasteiger partial charge on any atom is -0.480 e. The number of carbonyl (C=O) groups is 2. The number of aromatic nitrogens is 3. The number of carboxylic acid groups (broad SMARTS) is 1. The van der Waals surface area contributed by atoms with Crippen molar-refractivity contribution in [2.24, 2.45) is 0 Å². The van der Waals surface area contributed by atoms with Gasteiger partial charge in [-0.15, -0.1) is 0 Å². The van der Waals surface area contributed by atoms with E-state index in [1.807, 2.05) is 30.5 Å². The summed E-state index contributed by atoms with van der Waals surface area (Å²) in [6.07, 6.45) is 5.42. The summed E-state index contributed by atoms with van der Waals surface area (Å²) in [5.74, 6) is -0.529. The van der Waals surface area contributed by atoms with E-state index in [9.17, 15) is 9.59 Å². The number of amides is 1. The molecule has 1 aliphatic heterocycles. The molecule has 1 unspecified atom stereocenters. The van der Waals surface area contributed by atoms with E-state index in [0.717, 1.165) is 29.3 Å². The van der Waals surface area contributed by atoms with Crippen molar-refractivity contribution >= 4 is 40.3 Å². The Labute approximate surface area is 196 Å². The summed E-state index contributed by atoms with van der Waals surface area (Å²) in [4.78, 5) is 37.6. The Bertz CT molecular complexity index is 1140. The maximum atomic E-state index is 12.4. The zero-order valence-electron chi connectivity index (χ0n) is 18.3. The van der Waals surface area contributed by atoms with Crippen molar-refractivity contribution in [3.8, 4) is 11.3 Å². The fourth-order valence-electron chi connectivity index (χ4n) is 4.08. The van der Waals surface area contributed by atoms with Gasteiger partial charge in [0.1, 0.15) is 6.04 Å². The summed E-state index contributed by atoms with van der Waals surface area (Å²) in [7, 11) is 0. The summed E-state index contributed by atoms with van der Waals surface area (Å²) in [6, 6.07) is 7.39. The number of nitrogens with zero attached hydrogens (tertiary/aromatic N) is 3. The van der Waals surface area contributed by atoms with E-state index in [2.05, 4.69) is 25.6 Å². The van der Waals surface area contributed by atoms with Crippen molar-refractivity contribution < 1.29 is 14.7 Å². The Hall–Kier alpha value is -3.17. The molecule has 3 aromatic rings. The molecule has 10 heteroatoms. The molecule has 0 spiro atoms. The van der Waals surface area contributed by atoms with Gasteiger partial charge in [0, 0.05) is 41.8 Å². The number of hydrogen-bond acceptors (Lipinski definition) is 6. The van der Waals surface area contributed by atoms with Gasteiger partial charge < -0.3 is 20.3 Å². The number of anilines is 1. The third-order valence-corrected chi connectivity index (χ3v) is 6.25. The fourth-order valence-corrected chi connectivity index (χ4v) is 4.27. The molecule has 0 bridgehead atoms. The van der Waals surface area contributed by atoms with E-state index in [-0.39, 0.29) is 18.5 Å². The average Bonchev–Trinajstić information content (AvgIpc) is 3.25. The van der Waals surface area contributed by atoms with Crippen molar-refractivity contribution in [3.05, 3.63) is 41.7 Å². The van der Waals surface area contributed by atoms with Crippen LogP contribution in [0.25, 0.3) is 22.2 Å². The highest BCUT2D eigenvalue weighted by Gasteiger charge is 2.25. The molecular weight excluding hydrogens is 444 g/mol. The van der Waals surface area contributed by atoms with Crippen molar-refractivity contribution in [2.45, 2.75) is 38.3 Å². The van der Waals surface area contributed by atoms with E-state index < -0.39 is 12.0 Å². The van der Waals surface area contributed by atoms with Crippen LogP contribution in [0.4, 0.5) is 5.95 Å². The van der Waals surface area contributed by atoms with Crippen molar-refractivity contribution in [1.29, 1.82) is 0 Å². The molecule has 1 saturated heterocycles. The Balaban J connectivity index is 1.36. The molecule has 174 valence electrons. The number of carbonyl (C=O) groups excluding carboxylic acids is 1. The van der Waals surface area contributed by atoms with Crippen molar-refractivity contribution in [3.63, 3.8) is 0 Å². The standard InChI is InChI=1S/C23H27ClN6O3/c1-2-18(22(32)33)26-13-20(31)30-9-7-14(8-10-30)28-23-27-12-17(24)21(29-23)16-11-25-19-6-4-3-5-15(16)19/h3-6,11-12,14,18,25-26H,2,7-10,13H2,1H3,(H,32,33)(H,27,28,29). The third-order valence-electron chi connectivity index (χ3n) is 5.98. The Kier molecular flexibility index (Phi) is 7.10. The molecule has 0 saturated carbocycles. The normalized spacial score (nSPS) is 15.5. The Morgan fingerprint density at radius 1 is 1.30 bits per heavy atom. The van der Waals surface area contributed by atoms with Gasteiger partial charge in [0.2, 0.25) is 11.9 Å². The number of benzene rings is 1. The number of carboxylic acids is 1. The topological polar surface area (TPSA) is 123 Å². The summed E-state index contributed by atoms with van der Waals surface area (Å²) in [5, 5.41) is 16.8. The van der Waals surface area contributed by atoms with Crippen LogP contribution in [0.15, 0.2) is 36.7 Å². The first kappa shape index (κ1) is 23.0. The molecule has 1 fully saturated rings. The number of para-hydroxylation sites is 1. The van der Waals surface area contributed by atoms with Gasteiger partial charge in [-0.1, -0.05) is 36.7 Å². The van der Waals surface area contributed by atoms with Crippen LogP contribution in [0.5, 0.6) is 0 Å². The molecule has 1 aliphatic rings. The molecule has 1 atom stereocenters. The monoisotopic (exact) mass is 470 g/mol. The minimum absolute atomic E-state index is 0.0250. The number of halogens is 1. The van der Waals surface area contributed by atoms with Gasteiger partial charge >= 0.3 is 5.97 Å². The fraction of sp³-hybridized carbons (Fsp3) is 0.391. The van der Waals surface area contributed by atoms with Gasteiger partial charge in [-0.3, -0.25) is 14.9 Å². The highest BCUT2D eigenvalue weighted by Crippen LogP contribution is 2.32. The summed E-state index contributed by atoms with van der Waals surface area (Å²) in [6.45, 7) is 2.98. The van der Waals surface area contributed by atoms with Gasteiger partial charge in [-0.25, -0.2) is 9.97 Å². The van der Waals surface area contributed by atoms with Gasteiger partial charge in [-0.2, -0.15) is 0 Å². The van der Waals surface area contributed by atoms with Crippen LogP contribution in [0.2, 0.25) is 5.02 Å². The van der Waals surface area contributed by atoms with Crippen LogP contribution in [-0.2, 0) is 9.59 Å². The molecule has 1 amide bonds. The number of H-pyrrole nitrogens is 1. The zero-order valence-corrected chi connectivity index (χ0v) is 19.1. The van der Waals surface area contributed by atoms with Gasteiger partial charge in [0.05, 0.1) is 23.5 Å². The first-order valence-corrected chi connectivity index (χ1v) is 11.4. The van der Waals surface area contributed by atoms with Gasteiger partial charge in [0.15, 0.2) is 0 Å². The van der Waals surface area contributed by atoms with Crippen molar-refractivity contribution in [1.82, 2.24) is 25.2 Å². The van der Waals surface area contributed by atoms with E-state index in [1.54, 1.807) is 18.0 Å². The smallest absolute Gasteiger partial charge is 0.320 e. The van der Waals surface area contributed by atoms with Crippen molar-refractivity contribution in [2.75, 3.05) is 25.0 Å². The lowest BCUT2D eigenvalue weighted by atomic mass is 10.1. The maximum Gasteiger partial charge on any atom is 0.320 e. The number of likely N-dealkylation sites (tertiary alicyclic amines) is 1. The molecule has 0 radical (unpaired) electrons. The highest BCUT2D eigenvalue weighted by molar-refractivity contribution is 6.33. The molecule has 4 rings (SSSR count). The Morgan fingerprint density at radius 3 is 2.79 bits per heavy atom. The predicted molar refractivity (Wildman–Crippen MR) is 127 cm³/mol. The highest BCUT2D eigenvalue weighted by atomic mass is 35.5. The lowest BCUT2D eigenvalue weighted by Gasteiger charge is -2.32. The number of hydrogen-bond donors (Lipinski definition) is 4. The molecule has 2 aromatic heterocycles. The quantitative estimate of drug-likeness (QED) is 0.398.